The number of aryl methyl sites for hydroxylation is 1. The molecule has 0 fully saturated rings. The second-order valence-electron chi connectivity index (χ2n) is 10.1. The number of nitrogens with one attached hydrogen (secondary N) is 2. The molecule has 0 bridgehead atoms. The number of allylic oxidation sites excluding steroid dienone is 3. The van der Waals surface area contributed by atoms with Gasteiger partial charge in [-0.2, -0.15) is 0 Å². The minimum atomic E-state index is -0.132. The average molecular weight is 545 g/mol. The number of unbranched alkanes of at least 4 members (excludes halogenated alkanes) is 3. The van der Waals surface area contributed by atoms with Gasteiger partial charge in [0.15, 0.2) is 0 Å². The fraction of sp³-hybridized carbons (Fsp3) is 0.562. The molecule has 0 amide bonds. The molecule has 4 nitrogen and oxygen atoms in total. The molecule has 0 spiro atoms. The van der Waals surface area contributed by atoms with Gasteiger partial charge in [-0.25, -0.2) is 4.39 Å². The summed E-state index contributed by atoms with van der Waals surface area (Å²) in [4.78, 5) is 8.04. The minimum Gasteiger partial charge on any atom is -0.389 e. The minimum absolute atomic E-state index is 0.132. The van der Waals surface area contributed by atoms with E-state index in [4.69, 9.17) is 11.6 Å². The molecular formula is C32H50ClFN4. The van der Waals surface area contributed by atoms with Crippen LogP contribution in [0.25, 0.3) is 0 Å². The monoisotopic (exact) mass is 544 g/mol. The van der Waals surface area contributed by atoms with Crippen LogP contribution in [0.2, 0.25) is 0 Å². The number of halogens is 2. The first-order valence-electron chi connectivity index (χ1n) is 14.2. The molecule has 2 N–H and O–H groups in total. The Labute approximate surface area is 236 Å². The van der Waals surface area contributed by atoms with Gasteiger partial charge >= 0.3 is 0 Å². The summed E-state index contributed by atoms with van der Waals surface area (Å²) >= 11 is 5.96. The maximum atomic E-state index is 14.7. The summed E-state index contributed by atoms with van der Waals surface area (Å²) in [6.07, 6.45) is 15.7. The molecular weight excluding hydrogens is 495 g/mol. The quantitative estimate of drug-likeness (QED) is 0.0828. The molecule has 0 aromatic heterocycles. The number of hydrogen-bond acceptors (Lipinski definition) is 4. The van der Waals surface area contributed by atoms with E-state index in [1.807, 2.05) is 13.1 Å². The first kappa shape index (κ1) is 33.8. The van der Waals surface area contributed by atoms with Gasteiger partial charge in [0.2, 0.25) is 0 Å². The van der Waals surface area contributed by atoms with Crippen molar-refractivity contribution in [2.75, 3.05) is 26.7 Å². The predicted octanol–water partition coefficient (Wildman–Crippen LogP) is 8.18. The van der Waals surface area contributed by atoms with Crippen molar-refractivity contribution in [2.45, 2.75) is 84.0 Å². The van der Waals surface area contributed by atoms with Crippen molar-refractivity contribution in [3.63, 3.8) is 0 Å². The maximum absolute atomic E-state index is 14.7. The van der Waals surface area contributed by atoms with Crippen molar-refractivity contribution in [2.24, 2.45) is 15.9 Å². The van der Waals surface area contributed by atoms with Crippen molar-refractivity contribution >= 4 is 24.5 Å². The zero-order chi connectivity index (χ0) is 28.0. The number of aliphatic imine (C=N–C) groups is 2. The second kappa shape index (κ2) is 21.7. The highest BCUT2D eigenvalue weighted by Crippen LogP contribution is 2.20. The second-order valence-corrected chi connectivity index (χ2v) is 10.5. The van der Waals surface area contributed by atoms with Gasteiger partial charge in [0.1, 0.15) is 5.82 Å². The third-order valence-electron chi connectivity index (χ3n) is 6.83. The highest BCUT2D eigenvalue weighted by molar-refractivity contribution is 6.39. The van der Waals surface area contributed by atoms with Crippen molar-refractivity contribution in [1.29, 1.82) is 0 Å². The van der Waals surface area contributed by atoms with E-state index < -0.39 is 0 Å². The molecule has 0 radical (unpaired) electrons. The molecule has 212 valence electrons. The summed E-state index contributed by atoms with van der Waals surface area (Å²) in [6, 6.07) is 5.68. The van der Waals surface area contributed by atoms with E-state index in [0.29, 0.717) is 22.9 Å². The number of rotatable bonds is 23. The van der Waals surface area contributed by atoms with Crippen LogP contribution in [-0.2, 0) is 12.8 Å². The van der Waals surface area contributed by atoms with Crippen molar-refractivity contribution < 1.29 is 4.39 Å². The van der Waals surface area contributed by atoms with E-state index in [0.717, 1.165) is 88.7 Å². The summed E-state index contributed by atoms with van der Waals surface area (Å²) in [7, 11) is 1.99. The van der Waals surface area contributed by atoms with E-state index in [2.05, 4.69) is 53.5 Å². The van der Waals surface area contributed by atoms with Crippen molar-refractivity contribution in [3.05, 3.63) is 70.8 Å². The van der Waals surface area contributed by atoms with Crippen molar-refractivity contribution in [3.8, 4) is 0 Å². The van der Waals surface area contributed by atoms with Crippen LogP contribution in [-0.4, -0.2) is 39.6 Å². The first-order chi connectivity index (χ1) is 18.4. The zero-order valence-corrected chi connectivity index (χ0v) is 24.6. The maximum Gasteiger partial charge on any atom is 0.127 e. The van der Waals surface area contributed by atoms with Gasteiger partial charge in [-0.3, -0.25) is 9.98 Å². The van der Waals surface area contributed by atoms with Gasteiger partial charge in [-0.15, -0.1) is 0 Å². The summed E-state index contributed by atoms with van der Waals surface area (Å²) in [5.74, 6) is 0.473. The number of benzene rings is 1. The molecule has 0 saturated carbocycles. The van der Waals surface area contributed by atoms with Gasteiger partial charge < -0.3 is 10.6 Å². The fourth-order valence-corrected chi connectivity index (χ4v) is 4.51. The summed E-state index contributed by atoms with van der Waals surface area (Å²) in [5, 5.41) is 7.10. The Balaban J connectivity index is 2.36. The third kappa shape index (κ3) is 16.6. The van der Waals surface area contributed by atoms with Gasteiger partial charge in [0, 0.05) is 37.6 Å². The van der Waals surface area contributed by atoms with E-state index in [1.165, 1.54) is 24.6 Å². The first-order valence-corrected chi connectivity index (χ1v) is 14.6. The highest BCUT2D eigenvalue weighted by Gasteiger charge is 2.09. The Morgan fingerprint density at radius 1 is 1.08 bits per heavy atom. The lowest BCUT2D eigenvalue weighted by Gasteiger charge is -2.16. The molecule has 1 rings (SSSR count). The summed E-state index contributed by atoms with van der Waals surface area (Å²) < 4.78 is 14.7. The third-order valence-corrected chi connectivity index (χ3v) is 7.02. The largest absolute Gasteiger partial charge is 0.389 e. The fourth-order valence-electron chi connectivity index (χ4n) is 4.37. The molecule has 1 aromatic rings. The average Bonchev–Trinajstić information content (AvgIpc) is 2.90. The molecule has 0 heterocycles. The predicted molar refractivity (Wildman–Crippen MR) is 166 cm³/mol. The van der Waals surface area contributed by atoms with Gasteiger partial charge in [0.05, 0.1) is 5.03 Å². The Morgan fingerprint density at radius 2 is 1.89 bits per heavy atom. The SMILES string of the molecule is C=N/C=C(Cl)\C=N/CCC(CCCCc1ccc(CC(=C)NCCCCCC(=C)CC)c(F)c1)CCNC. The molecule has 6 heteroatoms. The summed E-state index contributed by atoms with van der Waals surface area (Å²) in [5.41, 5.74) is 3.97. The smallest absolute Gasteiger partial charge is 0.127 e. The van der Waals surface area contributed by atoms with Gasteiger partial charge in [0.25, 0.3) is 0 Å². The van der Waals surface area contributed by atoms with Gasteiger partial charge in [-0.1, -0.05) is 68.7 Å². The van der Waals surface area contributed by atoms with E-state index in [9.17, 15) is 4.39 Å². The highest BCUT2D eigenvalue weighted by atomic mass is 35.5. The van der Waals surface area contributed by atoms with Crippen LogP contribution in [0.15, 0.2) is 63.8 Å². The Hall–Kier alpha value is -2.24. The van der Waals surface area contributed by atoms with Crippen LogP contribution in [0.3, 0.4) is 0 Å². The van der Waals surface area contributed by atoms with E-state index in [1.54, 1.807) is 12.3 Å². The molecule has 0 aliphatic rings. The normalized spacial score (nSPS) is 12.6. The molecule has 0 saturated heterocycles. The number of nitrogens with zero attached hydrogens (tertiary/aromatic N) is 2. The van der Waals surface area contributed by atoms with Crippen LogP contribution >= 0.6 is 11.6 Å². The molecule has 1 atom stereocenters. The van der Waals surface area contributed by atoms with Crippen LogP contribution in [0.5, 0.6) is 0 Å². The molecule has 1 aromatic carbocycles. The number of hydrogen-bond donors (Lipinski definition) is 2. The van der Waals surface area contributed by atoms with Crippen LogP contribution in [0.4, 0.5) is 4.39 Å². The molecule has 38 heavy (non-hydrogen) atoms. The van der Waals surface area contributed by atoms with Crippen LogP contribution in [0, 0.1) is 11.7 Å². The van der Waals surface area contributed by atoms with Crippen molar-refractivity contribution in [1.82, 2.24) is 10.6 Å². The Bertz CT molecular complexity index is 893. The van der Waals surface area contributed by atoms with Crippen LogP contribution < -0.4 is 10.6 Å². The zero-order valence-electron chi connectivity index (χ0n) is 23.8. The Kier molecular flexibility index (Phi) is 19.3. The lowest BCUT2D eigenvalue weighted by molar-refractivity contribution is 0.403. The van der Waals surface area contributed by atoms with E-state index >= 15 is 0 Å². The Morgan fingerprint density at radius 3 is 2.61 bits per heavy atom. The molecule has 0 aliphatic heterocycles. The lowest BCUT2D eigenvalue weighted by atomic mass is 9.93. The molecule has 0 aliphatic carbocycles. The topological polar surface area (TPSA) is 48.8 Å². The molecule has 1 unspecified atom stereocenters. The van der Waals surface area contributed by atoms with E-state index in [-0.39, 0.29) is 5.82 Å². The lowest BCUT2D eigenvalue weighted by Crippen LogP contribution is -2.16. The standard InChI is InChI=1S/C32H50ClFN4/c1-6-26(2)12-8-7-11-19-38-27(3)22-30-16-15-29(23-32(30)34)14-10-9-13-28(17-20-35-4)18-21-37-25-31(33)24-36-5/h15-16,23-25,28,35,38H,2-3,5-14,17-22H2,1,4H3/b31-24+,37-25-. The van der Waals surface area contributed by atoms with Gasteiger partial charge in [-0.05, 0) is 94.8 Å². The van der Waals surface area contributed by atoms with Crippen LogP contribution in [0.1, 0.15) is 82.3 Å². The summed E-state index contributed by atoms with van der Waals surface area (Å²) in [6.45, 7) is 16.3.